The first-order valence-electron chi connectivity index (χ1n) is 5.14. The Kier molecular flexibility index (Phi) is 8.40. The SMILES string of the molecule is CCCC(O)CCC(O)COCC. The Morgan fingerprint density at radius 1 is 1.00 bits per heavy atom. The fourth-order valence-corrected chi connectivity index (χ4v) is 1.20. The third-order valence-electron chi connectivity index (χ3n) is 1.97. The van der Waals surface area contributed by atoms with Crippen LogP contribution in [0, 0.1) is 0 Å². The average Bonchev–Trinajstić information content (AvgIpc) is 2.12. The number of rotatable bonds is 8. The van der Waals surface area contributed by atoms with Gasteiger partial charge < -0.3 is 14.9 Å². The van der Waals surface area contributed by atoms with Crippen LogP contribution >= 0.6 is 0 Å². The van der Waals surface area contributed by atoms with Crippen molar-refractivity contribution in [3.8, 4) is 0 Å². The highest BCUT2D eigenvalue weighted by Crippen LogP contribution is 2.07. The van der Waals surface area contributed by atoms with E-state index in [1.54, 1.807) is 0 Å². The van der Waals surface area contributed by atoms with Gasteiger partial charge in [-0.25, -0.2) is 0 Å². The van der Waals surface area contributed by atoms with Crippen LogP contribution in [0.2, 0.25) is 0 Å². The van der Waals surface area contributed by atoms with Gasteiger partial charge in [-0.2, -0.15) is 0 Å². The maximum absolute atomic E-state index is 9.37. The summed E-state index contributed by atoms with van der Waals surface area (Å²) in [6.07, 6.45) is 2.42. The van der Waals surface area contributed by atoms with Gasteiger partial charge >= 0.3 is 0 Å². The van der Waals surface area contributed by atoms with Crippen molar-refractivity contribution in [1.82, 2.24) is 0 Å². The zero-order chi connectivity index (χ0) is 10.1. The van der Waals surface area contributed by atoms with Crippen molar-refractivity contribution in [3.63, 3.8) is 0 Å². The lowest BCUT2D eigenvalue weighted by Gasteiger charge is -2.13. The lowest BCUT2D eigenvalue weighted by Crippen LogP contribution is -2.18. The molecular weight excluding hydrogens is 168 g/mol. The molecule has 0 aromatic heterocycles. The maximum Gasteiger partial charge on any atom is 0.0774 e. The molecule has 0 heterocycles. The van der Waals surface area contributed by atoms with Gasteiger partial charge in [0, 0.05) is 6.61 Å². The zero-order valence-electron chi connectivity index (χ0n) is 8.70. The molecule has 0 fully saturated rings. The van der Waals surface area contributed by atoms with Crippen LogP contribution in [0.25, 0.3) is 0 Å². The predicted octanol–water partition coefficient (Wildman–Crippen LogP) is 1.32. The van der Waals surface area contributed by atoms with Crippen LogP contribution in [0.4, 0.5) is 0 Å². The summed E-state index contributed by atoms with van der Waals surface area (Å²) in [5.41, 5.74) is 0. The molecule has 0 amide bonds. The van der Waals surface area contributed by atoms with E-state index in [0.29, 0.717) is 26.1 Å². The molecule has 2 atom stereocenters. The van der Waals surface area contributed by atoms with Gasteiger partial charge in [-0.3, -0.25) is 0 Å². The molecule has 0 saturated heterocycles. The van der Waals surface area contributed by atoms with Gasteiger partial charge in [0.25, 0.3) is 0 Å². The van der Waals surface area contributed by atoms with Crippen molar-refractivity contribution in [2.24, 2.45) is 0 Å². The van der Waals surface area contributed by atoms with Crippen LogP contribution in [0.5, 0.6) is 0 Å². The van der Waals surface area contributed by atoms with Gasteiger partial charge in [-0.1, -0.05) is 13.3 Å². The van der Waals surface area contributed by atoms with Crippen LogP contribution in [0.15, 0.2) is 0 Å². The van der Waals surface area contributed by atoms with E-state index in [1.165, 1.54) is 0 Å². The minimum absolute atomic E-state index is 0.263. The number of hydrogen-bond acceptors (Lipinski definition) is 3. The molecule has 0 aliphatic carbocycles. The molecule has 0 aromatic rings. The van der Waals surface area contributed by atoms with Gasteiger partial charge in [0.05, 0.1) is 18.8 Å². The summed E-state index contributed by atoms with van der Waals surface area (Å²) < 4.78 is 5.06. The van der Waals surface area contributed by atoms with Crippen molar-refractivity contribution in [1.29, 1.82) is 0 Å². The fraction of sp³-hybridized carbons (Fsp3) is 1.00. The van der Waals surface area contributed by atoms with Gasteiger partial charge in [0.2, 0.25) is 0 Å². The molecule has 3 heteroatoms. The van der Waals surface area contributed by atoms with Crippen LogP contribution in [-0.4, -0.2) is 35.6 Å². The summed E-state index contributed by atoms with van der Waals surface area (Å²) in [7, 11) is 0. The summed E-state index contributed by atoms with van der Waals surface area (Å²) in [5.74, 6) is 0. The smallest absolute Gasteiger partial charge is 0.0774 e. The van der Waals surface area contributed by atoms with E-state index in [-0.39, 0.29) is 6.10 Å². The van der Waals surface area contributed by atoms with Crippen molar-refractivity contribution >= 4 is 0 Å². The summed E-state index contributed by atoms with van der Waals surface area (Å²) in [4.78, 5) is 0. The molecule has 2 unspecified atom stereocenters. The predicted molar refractivity (Wildman–Crippen MR) is 52.6 cm³/mol. The van der Waals surface area contributed by atoms with E-state index in [4.69, 9.17) is 4.74 Å². The molecule has 0 bridgehead atoms. The third-order valence-corrected chi connectivity index (χ3v) is 1.97. The third kappa shape index (κ3) is 8.22. The van der Waals surface area contributed by atoms with E-state index in [1.807, 2.05) is 13.8 Å². The van der Waals surface area contributed by atoms with Crippen LogP contribution in [0.3, 0.4) is 0 Å². The molecule has 0 aromatic carbocycles. The lowest BCUT2D eigenvalue weighted by atomic mass is 10.1. The van der Waals surface area contributed by atoms with Crippen molar-refractivity contribution in [3.05, 3.63) is 0 Å². The highest BCUT2D eigenvalue weighted by atomic mass is 16.5. The van der Waals surface area contributed by atoms with Gasteiger partial charge in [0.15, 0.2) is 0 Å². The number of aliphatic hydroxyl groups excluding tert-OH is 2. The van der Waals surface area contributed by atoms with Crippen LogP contribution in [-0.2, 0) is 4.74 Å². The molecule has 13 heavy (non-hydrogen) atoms. The van der Waals surface area contributed by atoms with Crippen molar-refractivity contribution < 1.29 is 14.9 Å². The van der Waals surface area contributed by atoms with E-state index in [9.17, 15) is 10.2 Å². The molecule has 80 valence electrons. The summed E-state index contributed by atoms with van der Waals surface area (Å²) >= 11 is 0. The highest BCUT2D eigenvalue weighted by molar-refractivity contribution is 4.60. The molecule has 0 aliphatic rings. The average molecular weight is 190 g/mol. The normalized spacial score (nSPS) is 15.7. The molecule has 0 rings (SSSR count). The first-order chi connectivity index (χ1) is 6.20. The summed E-state index contributed by atoms with van der Waals surface area (Å²) in [6.45, 7) is 4.96. The van der Waals surface area contributed by atoms with E-state index < -0.39 is 6.10 Å². The first-order valence-corrected chi connectivity index (χ1v) is 5.14. The van der Waals surface area contributed by atoms with E-state index >= 15 is 0 Å². The Labute approximate surface area is 80.7 Å². The Bertz CT molecular complexity index is 106. The van der Waals surface area contributed by atoms with Gasteiger partial charge in [-0.05, 0) is 26.2 Å². The Morgan fingerprint density at radius 3 is 2.15 bits per heavy atom. The van der Waals surface area contributed by atoms with Crippen LogP contribution < -0.4 is 0 Å². The zero-order valence-corrected chi connectivity index (χ0v) is 8.70. The minimum atomic E-state index is -0.425. The number of ether oxygens (including phenoxy) is 1. The molecule has 3 nitrogen and oxygen atoms in total. The monoisotopic (exact) mass is 190 g/mol. The Morgan fingerprint density at radius 2 is 1.62 bits per heavy atom. The molecule has 0 aliphatic heterocycles. The minimum Gasteiger partial charge on any atom is -0.393 e. The lowest BCUT2D eigenvalue weighted by molar-refractivity contribution is 0.0279. The summed E-state index contributed by atoms with van der Waals surface area (Å²) in [6, 6.07) is 0. The topological polar surface area (TPSA) is 49.7 Å². The second-order valence-corrected chi connectivity index (χ2v) is 3.33. The standard InChI is InChI=1S/C10H22O3/c1-3-5-9(11)6-7-10(12)8-13-4-2/h9-12H,3-8H2,1-2H3. The van der Waals surface area contributed by atoms with Crippen molar-refractivity contribution in [2.75, 3.05) is 13.2 Å². The van der Waals surface area contributed by atoms with Gasteiger partial charge in [-0.15, -0.1) is 0 Å². The van der Waals surface area contributed by atoms with E-state index in [2.05, 4.69) is 0 Å². The number of aliphatic hydroxyl groups is 2. The number of hydrogen-bond donors (Lipinski definition) is 2. The molecule has 0 radical (unpaired) electrons. The molecule has 0 spiro atoms. The fourth-order valence-electron chi connectivity index (χ4n) is 1.20. The second kappa shape index (κ2) is 8.48. The van der Waals surface area contributed by atoms with Crippen LogP contribution in [0.1, 0.15) is 39.5 Å². The quantitative estimate of drug-likeness (QED) is 0.607. The van der Waals surface area contributed by atoms with E-state index in [0.717, 1.165) is 12.8 Å². The van der Waals surface area contributed by atoms with Gasteiger partial charge in [0.1, 0.15) is 0 Å². The molecular formula is C10H22O3. The molecule has 0 saturated carbocycles. The second-order valence-electron chi connectivity index (χ2n) is 3.33. The Balaban J connectivity index is 3.29. The maximum atomic E-state index is 9.37. The highest BCUT2D eigenvalue weighted by Gasteiger charge is 2.08. The van der Waals surface area contributed by atoms with Crippen molar-refractivity contribution in [2.45, 2.75) is 51.7 Å². The molecule has 2 N–H and O–H groups in total. The largest absolute Gasteiger partial charge is 0.393 e. The summed E-state index contributed by atoms with van der Waals surface area (Å²) in [5, 5.41) is 18.7. The first kappa shape index (κ1) is 12.9. The Hall–Kier alpha value is -0.120.